The highest BCUT2D eigenvalue weighted by Crippen LogP contribution is 2.21. The van der Waals surface area contributed by atoms with Gasteiger partial charge >= 0.3 is 11.7 Å². The summed E-state index contributed by atoms with van der Waals surface area (Å²) in [6.45, 7) is -1.09. The molecule has 142 valence electrons. The minimum atomic E-state index is -1.53. The average molecular weight is 369 g/mol. The first-order valence-corrected chi connectivity index (χ1v) is 7.50. The van der Waals surface area contributed by atoms with Gasteiger partial charge in [0.15, 0.2) is 12.3 Å². The van der Waals surface area contributed by atoms with Gasteiger partial charge in [-0.2, -0.15) is 4.98 Å². The summed E-state index contributed by atoms with van der Waals surface area (Å²) >= 11 is 0. The van der Waals surface area contributed by atoms with Crippen LogP contribution in [0.1, 0.15) is 11.8 Å². The van der Waals surface area contributed by atoms with Gasteiger partial charge in [0.05, 0.1) is 19.3 Å². The number of hydrogen-bond acceptors (Lipinski definition) is 9. The highest BCUT2D eigenvalue weighted by atomic mass is 16.5. The number of aliphatic hydroxyl groups excluding tert-OH is 2. The molecule has 0 saturated carbocycles. The lowest BCUT2D eigenvalue weighted by molar-refractivity contribution is -0.159. The maximum Gasteiger partial charge on any atom is 0.351 e. The molecule has 0 radical (unpaired) electrons. The number of carboxylic acid groups (broad SMARTS) is 1. The lowest BCUT2D eigenvalue weighted by Crippen LogP contribution is -2.54. The zero-order valence-electron chi connectivity index (χ0n) is 13.5. The largest absolute Gasteiger partial charge is 0.479 e. The van der Waals surface area contributed by atoms with E-state index < -0.39 is 55.2 Å². The summed E-state index contributed by atoms with van der Waals surface area (Å²) in [5, 5.41) is 29.8. The molecule has 0 bridgehead atoms. The number of rotatable bonds is 6. The van der Waals surface area contributed by atoms with Crippen LogP contribution in [-0.4, -0.2) is 61.5 Å². The first-order valence-electron chi connectivity index (χ1n) is 7.50. The van der Waals surface area contributed by atoms with Gasteiger partial charge in [-0.1, -0.05) is 6.08 Å². The Morgan fingerprint density at radius 3 is 2.65 bits per heavy atom. The lowest BCUT2D eigenvalue weighted by atomic mass is 10.1. The van der Waals surface area contributed by atoms with Crippen LogP contribution in [-0.2, 0) is 20.9 Å². The molecule has 4 unspecified atom stereocenters. The fraction of sp³-hybridized carbons (Fsp3) is 0.429. The number of nitrogens with two attached hydrogens (primary N) is 2. The van der Waals surface area contributed by atoms with Crippen LogP contribution in [0.25, 0.3) is 0 Å². The summed E-state index contributed by atoms with van der Waals surface area (Å²) in [5.41, 5.74) is 10.2. The third-order valence-corrected chi connectivity index (χ3v) is 3.69. The summed E-state index contributed by atoms with van der Waals surface area (Å²) in [6.07, 6.45) is 1.22. The Kier molecular flexibility index (Phi) is 6.05. The maximum absolute atomic E-state index is 12.0. The first kappa shape index (κ1) is 19.5. The monoisotopic (exact) mass is 369 g/mol. The van der Waals surface area contributed by atoms with E-state index in [1.54, 1.807) is 0 Å². The molecule has 1 aromatic rings. The molecule has 2 rings (SSSR count). The fourth-order valence-electron chi connectivity index (χ4n) is 2.27. The molecular formula is C14H19N5O7. The molecule has 2 heterocycles. The van der Waals surface area contributed by atoms with Crippen LogP contribution in [0.3, 0.4) is 0 Å². The van der Waals surface area contributed by atoms with E-state index in [9.17, 15) is 24.6 Å². The summed E-state index contributed by atoms with van der Waals surface area (Å²) in [6, 6.07) is -2.28. The maximum atomic E-state index is 12.0. The number of aliphatic carboxylic acids is 1. The van der Waals surface area contributed by atoms with Crippen molar-refractivity contribution in [3.63, 3.8) is 0 Å². The van der Waals surface area contributed by atoms with Gasteiger partial charge in [0, 0.05) is 11.8 Å². The number of anilines is 1. The molecule has 12 heteroatoms. The molecule has 12 nitrogen and oxygen atoms in total. The molecule has 8 N–H and O–H groups in total. The number of carboxylic acids is 1. The number of carbonyl (C=O) groups is 2. The Morgan fingerprint density at radius 1 is 1.38 bits per heavy atom. The molecule has 0 saturated heterocycles. The normalized spacial score (nSPS) is 23.4. The van der Waals surface area contributed by atoms with Crippen LogP contribution < -0.4 is 22.5 Å². The Labute approximate surface area is 146 Å². The highest BCUT2D eigenvalue weighted by molar-refractivity contribution is 5.83. The van der Waals surface area contributed by atoms with Crippen molar-refractivity contribution in [3.05, 3.63) is 34.4 Å². The molecule has 0 aromatic carbocycles. The van der Waals surface area contributed by atoms with Crippen molar-refractivity contribution in [3.8, 4) is 0 Å². The second kappa shape index (κ2) is 8.05. The smallest absolute Gasteiger partial charge is 0.351 e. The van der Waals surface area contributed by atoms with Crippen molar-refractivity contribution >= 4 is 17.7 Å². The van der Waals surface area contributed by atoms with Crippen LogP contribution in [0, 0.1) is 0 Å². The topological polar surface area (TPSA) is 203 Å². The average Bonchev–Trinajstić information content (AvgIpc) is 2.61. The van der Waals surface area contributed by atoms with Crippen molar-refractivity contribution in [2.75, 3.05) is 12.3 Å². The summed E-state index contributed by atoms with van der Waals surface area (Å²) in [4.78, 5) is 38.7. The van der Waals surface area contributed by atoms with Crippen LogP contribution in [0.5, 0.6) is 0 Å². The Hall–Kier alpha value is -2.80. The van der Waals surface area contributed by atoms with E-state index in [1.807, 2.05) is 0 Å². The first-order chi connectivity index (χ1) is 12.3. The van der Waals surface area contributed by atoms with Crippen molar-refractivity contribution in [2.45, 2.75) is 31.0 Å². The fourth-order valence-corrected chi connectivity index (χ4v) is 2.27. The van der Waals surface area contributed by atoms with Gasteiger partial charge in [0.2, 0.25) is 5.91 Å². The molecule has 0 fully saturated rings. The van der Waals surface area contributed by atoms with E-state index in [-0.39, 0.29) is 11.4 Å². The number of amides is 1. The molecule has 1 aliphatic rings. The summed E-state index contributed by atoms with van der Waals surface area (Å²) in [5.74, 6) is -2.29. The second-order valence-corrected chi connectivity index (χ2v) is 5.49. The summed E-state index contributed by atoms with van der Waals surface area (Å²) < 4.78 is 6.34. The molecular weight excluding hydrogens is 350 g/mol. The molecule has 26 heavy (non-hydrogen) atoms. The zero-order valence-corrected chi connectivity index (χ0v) is 13.5. The number of hydrogen-bond donors (Lipinski definition) is 6. The molecule has 4 atom stereocenters. The van der Waals surface area contributed by atoms with Gasteiger partial charge < -0.3 is 36.8 Å². The quantitative estimate of drug-likeness (QED) is 0.275. The Morgan fingerprint density at radius 2 is 2.08 bits per heavy atom. The number of carbonyl (C=O) groups excluding carboxylic acids is 1. The summed E-state index contributed by atoms with van der Waals surface area (Å²) in [7, 11) is 0. The van der Waals surface area contributed by atoms with E-state index in [2.05, 4.69) is 10.3 Å². The van der Waals surface area contributed by atoms with Crippen LogP contribution >= 0.6 is 0 Å². The van der Waals surface area contributed by atoms with E-state index in [1.165, 1.54) is 18.3 Å². The van der Waals surface area contributed by atoms with Gasteiger partial charge in [-0.15, -0.1) is 0 Å². The molecule has 1 aromatic heterocycles. The number of ether oxygens (including phenoxy) is 1. The standard InChI is InChI=1S/C14H19N5O7/c15-7(5-21)12(22)17-8-1-2-9(26-10(8)13(23)24)19-3-6(4-20)11(16)18-14(19)25/h1-3,7-10,20-21H,4-5,15H2,(H,17,22)(H,23,24)(H2,16,18,25). The number of aliphatic hydroxyl groups is 2. The molecule has 0 aliphatic carbocycles. The number of nitrogens with one attached hydrogen (secondary N) is 1. The number of nitrogen functional groups attached to an aromatic ring is 1. The predicted molar refractivity (Wildman–Crippen MR) is 86.5 cm³/mol. The van der Waals surface area contributed by atoms with Crippen molar-refractivity contribution in [2.24, 2.45) is 5.73 Å². The van der Waals surface area contributed by atoms with Crippen LogP contribution in [0.2, 0.25) is 0 Å². The third-order valence-electron chi connectivity index (χ3n) is 3.69. The van der Waals surface area contributed by atoms with Gasteiger partial charge in [0.1, 0.15) is 11.9 Å². The SMILES string of the molecule is Nc1nc(=O)n(C2C=CC(NC(=O)C(N)CO)C(C(=O)O)O2)cc1CO. The molecule has 1 aliphatic heterocycles. The second-order valence-electron chi connectivity index (χ2n) is 5.49. The van der Waals surface area contributed by atoms with Crippen molar-refractivity contribution < 1.29 is 29.6 Å². The minimum absolute atomic E-state index is 0.147. The Balaban J connectivity index is 2.30. The van der Waals surface area contributed by atoms with Gasteiger partial charge in [-0.05, 0) is 6.08 Å². The van der Waals surface area contributed by atoms with E-state index in [0.717, 1.165) is 4.57 Å². The van der Waals surface area contributed by atoms with Crippen molar-refractivity contribution in [1.82, 2.24) is 14.9 Å². The van der Waals surface area contributed by atoms with Gasteiger partial charge in [-0.25, -0.2) is 9.59 Å². The number of aromatic nitrogens is 2. The Bertz CT molecular complexity index is 777. The van der Waals surface area contributed by atoms with Gasteiger partial charge in [-0.3, -0.25) is 9.36 Å². The highest BCUT2D eigenvalue weighted by Gasteiger charge is 2.35. The predicted octanol–water partition coefficient (Wildman–Crippen LogP) is -3.34. The minimum Gasteiger partial charge on any atom is -0.479 e. The molecule has 0 spiro atoms. The van der Waals surface area contributed by atoms with E-state index in [0.29, 0.717) is 0 Å². The van der Waals surface area contributed by atoms with E-state index in [4.69, 9.17) is 21.3 Å². The van der Waals surface area contributed by atoms with Gasteiger partial charge in [0.25, 0.3) is 0 Å². The van der Waals surface area contributed by atoms with Crippen LogP contribution in [0.4, 0.5) is 5.82 Å². The zero-order chi connectivity index (χ0) is 19.4. The molecule has 1 amide bonds. The lowest BCUT2D eigenvalue weighted by Gasteiger charge is -2.31. The van der Waals surface area contributed by atoms with E-state index >= 15 is 0 Å². The third kappa shape index (κ3) is 4.05. The number of nitrogens with zero attached hydrogens (tertiary/aromatic N) is 2. The van der Waals surface area contributed by atoms with Crippen molar-refractivity contribution in [1.29, 1.82) is 0 Å². The van der Waals surface area contributed by atoms with Crippen LogP contribution in [0.15, 0.2) is 23.1 Å².